The van der Waals surface area contributed by atoms with E-state index in [2.05, 4.69) is 6.07 Å². The Labute approximate surface area is 150 Å². The molecule has 2 N–H and O–H groups in total. The molecule has 0 amide bonds. The van der Waals surface area contributed by atoms with Crippen LogP contribution in [0.3, 0.4) is 0 Å². The number of nitrogen functional groups attached to an aromatic ring is 1. The Morgan fingerprint density at radius 2 is 1.88 bits per heavy atom. The lowest BCUT2D eigenvalue weighted by atomic mass is 10.2. The SMILES string of the molecule is COc1cccc(Oc2c(N)cc(C#N)n2Cc2ccccc2Cl)c1. The molecule has 2 aromatic carbocycles. The van der Waals surface area contributed by atoms with Crippen molar-refractivity contribution >= 4 is 17.3 Å². The highest BCUT2D eigenvalue weighted by atomic mass is 35.5. The summed E-state index contributed by atoms with van der Waals surface area (Å²) in [4.78, 5) is 0. The van der Waals surface area contributed by atoms with Crippen LogP contribution in [0.15, 0.2) is 54.6 Å². The normalized spacial score (nSPS) is 10.3. The number of halogens is 1. The minimum absolute atomic E-state index is 0.374. The van der Waals surface area contributed by atoms with Crippen LogP contribution >= 0.6 is 11.6 Å². The van der Waals surface area contributed by atoms with Crippen LogP contribution in [0.25, 0.3) is 0 Å². The molecule has 0 saturated carbocycles. The Balaban J connectivity index is 2.00. The van der Waals surface area contributed by atoms with E-state index in [9.17, 15) is 5.26 Å². The summed E-state index contributed by atoms with van der Waals surface area (Å²) in [6.07, 6.45) is 0. The van der Waals surface area contributed by atoms with Gasteiger partial charge in [-0.05, 0) is 23.8 Å². The Bertz CT molecular complexity index is 944. The third kappa shape index (κ3) is 3.54. The summed E-state index contributed by atoms with van der Waals surface area (Å²) < 4.78 is 12.8. The molecule has 5 nitrogen and oxygen atoms in total. The lowest BCUT2D eigenvalue weighted by Crippen LogP contribution is -2.05. The predicted molar refractivity (Wildman–Crippen MR) is 97.2 cm³/mol. The number of nitriles is 1. The number of anilines is 1. The molecule has 3 aromatic rings. The number of aromatic nitrogens is 1. The van der Waals surface area contributed by atoms with Crippen molar-refractivity contribution in [3.8, 4) is 23.4 Å². The van der Waals surface area contributed by atoms with Crippen molar-refractivity contribution in [2.45, 2.75) is 6.54 Å². The van der Waals surface area contributed by atoms with E-state index in [0.29, 0.717) is 40.3 Å². The molecule has 3 rings (SSSR count). The van der Waals surface area contributed by atoms with Crippen LogP contribution in [0, 0.1) is 11.3 Å². The van der Waals surface area contributed by atoms with Gasteiger partial charge in [0.15, 0.2) is 0 Å². The van der Waals surface area contributed by atoms with Crippen molar-refractivity contribution in [2.75, 3.05) is 12.8 Å². The molecule has 0 unspecified atom stereocenters. The molecule has 0 aliphatic carbocycles. The molecule has 0 bridgehead atoms. The van der Waals surface area contributed by atoms with Crippen LogP contribution < -0.4 is 15.2 Å². The summed E-state index contributed by atoms with van der Waals surface area (Å²) in [7, 11) is 1.58. The van der Waals surface area contributed by atoms with Gasteiger partial charge in [0.1, 0.15) is 23.3 Å². The molecule has 0 radical (unpaired) electrons. The summed E-state index contributed by atoms with van der Waals surface area (Å²) in [5.41, 5.74) is 7.71. The van der Waals surface area contributed by atoms with Gasteiger partial charge in [0, 0.05) is 17.2 Å². The van der Waals surface area contributed by atoms with Crippen LogP contribution in [0.2, 0.25) is 5.02 Å². The van der Waals surface area contributed by atoms with Crippen LogP contribution in [-0.4, -0.2) is 11.7 Å². The van der Waals surface area contributed by atoms with Gasteiger partial charge >= 0.3 is 0 Å². The highest BCUT2D eigenvalue weighted by Crippen LogP contribution is 2.33. The van der Waals surface area contributed by atoms with Crippen molar-refractivity contribution in [1.29, 1.82) is 5.26 Å². The van der Waals surface area contributed by atoms with E-state index in [-0.39, 0.29) is 0 Å². The number of hydrogen-bond acceptors (Lipinski definition) is 4. The smallest absolute Gasteiger partial charge is 0.224 e. The second-order valence-electron chi connectivity index (χ2n) is 5.36. The first-order valence-electron chi connectivity index (χ1n) is 7.56. The zero-order chi connectivity index (χ0) is 17.8. The zero-order valence-electron chi connectivity index (χ0n) is 13.6. The Morgan fingerprint density at radius 3 is 2.60 bits per heavy atom. The lowest BCUT2D eigenvalue weighted by Gasteiger charge is -2.13. The predicted octanol–water partition coefficient (Wildman–Crippen LogP) is 4.44. The van der Waals surface area contributed by atoms with Crippen molar-refractivity contribution < 1.29 is 9.47 Å². The van der Waals surface area contributed by atoms with Gasteiger partial charge in [-0.3, -0.25) is 4.57 Å². The molecule has 6 heteroatoms. The number of rotatable bonds is 5. The first-order valence-corrected chi connectivity index (χ1v) is 7.94. The molecule has 0 atom stereocenters. The molecular formula is C19H16ClN3O2. The number of benzene rings is 2. The van der Waals surface area contributed by atoms with Crippen LogP contribution in [0.1, 0.15) is 11.3 Å². The van der Waals surface area contributed by atoms with E-state index >= 15 is 0 Å². The van der Waals surface area contributed by atoms with Crippen molar-refractivity contribution in [3.63, 3.8) is 0 Å². The van der Waals surface area contributed by atoms with Gasteiger partial charge in [0.25, 0.3) is 0 Å². The number of methoxy groups -OCH3 is 1. The van der Waals surface area contributed by atoms with E-state index in [1.54, 1.807) is 35.9 Å². The van der Waals surface area contributed by atoms with E-state index in [4.69, 9.17) is 26.8 Å². The molecule has 0 fully saturated rings. The van der Waals surface area contributed by atoms with Crippen molar-refractivity contribution in [2.24, 2.45) is 0 Å². The van der Waals surface area contributed by atoms with Gasteiger partial charge in [0.2, 0.25) is 5.88 Å². The first kappa shape index (κ1) is 16.7. The van der Waals surface area contributed by atoms with Gasteiger partial charge in [-0.1, -0.05) is 35.9 Å². The average Bonchev–Trinajstić information content (AvgIpc) is 2.92. The van der Waals surface area contributed by atoms with Gasteiger partial charge in [-0.15, -0.1) is 0 Å². The second kappa shape index (κ2) is 7.20. The van der Waals surface area contributed by atoms with Crippen molar-refractivity contribution in [1.82, 2.24) is 4.57 Å². The Hall–Kier alpha value is -3.10. The first-order chi connectivity index (χ1) is 12.1. The van der Waals surface area contributed by atoms with Gasteiger partial charge < -0.3 is 15.2 Å². The number of hydrogen-bond donors (Lipinski definition) is 1. The topological polar surface area (TPSA) is 73.2 Å². The number of nitrogens with two attached hydrogens (primary N) is 1. The fourth-order valence-electron chi connectivity index (χ4n) is 2.49. The molecule has 0 aliphatic heterocycles. The third-order valence-electron chi connectivity index (χ3n) is 3.73. The number of ether oxygens (including phenoxy) is 2. The molecule has 126 valence electrons. The third-order valence-corrected chi connectivity index (χ3v) is 4.10. The maximum atomic E-state index is 9.42. The molecule has 0 aliphatic rings. The average molecular weight is 354 g/mol. The summed E-state index contributed by atoms with van der Waals surface area (Å²) in [6.45, 7) is 0.374. The molecule has 0 spiro atoms. The van der Waals surface area contributed by atoms with E-state index < -0.39 is 0 Å². The summed E-state index contributed by atoms with van der Waals surface area (Å²) in [6, 6.07) is 18.4. The van der Waals surface area contributed by atoms with E-state index in [1.165, 1.54) is 0 Å². The van der Waals surface area contributed by atoms with Crippen LogP contribution in [0.4, 0.5) is 5.69 Å². The highest BCUT2D eigenvalue weighted by Gasteiger charge is 2.17. The van der Waals surface area contributed by atoms with Gasteiger partial charge in [-0.2, -0.15) is 5.26 Å². The minimum Gasteiger partial charge on any atom is -0.497 e. The standard InChI is InChI=1S/C19H16ClN3O2/c1-24-15-6-4-7-16(10-15)25-19-18(22)9-14(11-21)23(19)12-13-5-2-3-8-17(13)20/h2-10H,12,22H2,1H3. The van der Waals surface area contributed by atoms with E-state index in [0.717, 1.165) is 5.56 Å². The second-order valence-corrected chi connectivity index (χ2v) is 5.77. The maximum absolute atomic E-state index is 9.42. The van der Waals surface area contributed by atoms with E-state index in [1.807, 2.05) is 30.3 Å². The monoisotopic (exact) mass is 353 g/mol. The fourth-order valence-corrected chi connectivity index (χ4v) is 2.68. The Kier molecular flexibility index (Phi) is 4.82. The largest absolute Gasteiger partial charge is 0.497 e. The Morgan fingerprint density at radius 1 is 1.12 bits per heavy atom. The maximum Gasteiger partial charge on any atom is 0.224 e. The zero-order valence-corrected chi connectivity index (χ0v) is 14.3. The van der Waals surface area contributed by atoms with Gasteiger partial charge in [0.05, 0.1) is 19.3 Å². The fraction of sp³-hybridized carbons (Fsp3) is 0.105. The van der Waals surface area contributed by atoms with Crippen LogP contribution in [0.5, 0.6) is 17.4 Å². The molecule has 25 heavy (non-hydrogen) atoms. The summed E-state index contributed by atoms with van der Waals surface area (Å²) >= 11 is 6.24. The summed E-state index contributed by atoms with van der Waals surface area (Å²) in [5.74, 6) is 1.62. The van der Waals surface area contributed by atoms with Crippen LogP contribution in [-0.2, 0) is 6.54 Å². The lowest BCUT2D eigenvalue weighted by molar-refractivity contribution is 0.403. The minimum atomic E-state index is 0.374. The highest BCUT2D eigenvalue weighted by molar-refractivity contribution is 6.31. The summed E-state index contributed by atoms with van der Waals surface area (Å²) in [5, 5.41) is 10.0. The quantitative estimate of drug-likeness (QED) is 0.735. The van der Waals surface area contributed by atoms with Crippen molar-refractivity contribution in [3.05, 3.63) is 70.9 Å². The van der Waals surface area contributed by atoms with Gasteiger partial charge in [-0.25, -0.2) is 0 Å². The number of nitrogens with zero attached hydrogens (tertiary/aromatic N) is 2. The molecule has 0 saturated heterocycles. The molecule has 1 heterocycles. The molecule has 1 aromatic heterocycles. The molecular weight excluding hydrogens is 338 g/mol.